The molecule has 15 heavy (non-hydrogen) atoms. The summed E-state index contributed by atoms with van der Waals surface area (Å²) < 4.78 is 25.0. The van der Waals surface area contributed by atoms with Gasteiger partial charge in [-0.15, -0.1) is 0 Å². The number of aromatic nitrogens is 1. The molecule has 0 atom stereocenters. The molecule has 0 aliphatic carbocycles. The van der Waals surface area contributed by atoms with Gasteiger partial charge in [0.15, 0.2) is 0 Å². The second-order valence-electron chi connectivity index (χ2n) is 2.67. The molecule has 0 aromatic carbocycles. The Kier molecular flexibility index (Phi) is 3.14. The summed E-state index contributed by atoms with van der Waals surface area (Å²) in [6, 6.07) is 3.16. The molecular formula is C9H5F2N3O. The van der Waals surface area contributed by atoms with E-state index in [1.807, 2.05) is 0 Å². The third-order valence-corrected chi connectivity index (χ3v) is 1.80. The first-order valence-electron chi connectivity index (χ1n) is 3.91. The van der Waals surface area contributed by atoms with Crippen LogP contribution in [0.3, 0.4) is 0 Å². The number of H-pyrrole nitrogens is 1. The summed E-state index contributed by atoms with van der Waals surface area (Å²) in [5, 5.41) is 16.8. The number of pyridine rings is 1. The van der Waals surface area contributed by atoms with E-state index in [-0.39, 0.29) is 17.7 Å². The smallest absolute Gasteiger partial charge is 0.269 e. The van der Waals surface area contributed by atoms with E-state index in [9.17, 15) is 13.6 Å². The lowest BCUT2D eigenvalue weighted by Crippen LogP contribution is -2.17. The van der Waals surface area contributed by atoms with Crippen molar-refractivity contribution in [3.05, 3.63) is 33.2 Å². The van der Waals surface area contributed by atoms with Gasteiger partial charge < -0.3 is 4.98 Å². The van der Waals surface area contributed by atoms with Crippen LogP contribution in [0.5, 0.6) is 0 Å². The number of halogens is 2. The summed E-state index contributed by atoms with van der Waals surface area (Å²) in [5.41, 5.74) is -2.34. The van der Waals surface area contributed by atoms with Gasteiger partial charge in [0, 0.05) is 11.9 Å². The van der Waals surface area contributed by atoms with Crippen molar-refractivity contribution in [1.29, 1.82) is 10.5 Å². The molecule has 4 nitrogen and oxygen atoms in total. The zero-order valence-corrected chi connectivity index (χ0v) is 7.42. The first kappa shape index (κ1) is 10.9. The topological polar surface area (TPSA) is 80.4 Å². The summed E-state index contributed by atoms with van der Waals surface area (Å²) in [6.45, 7) is 0. The molecule has 0 bridgehead atoms. The number of aromatic amines is 1. The van der Waals surface area contributed by atoms with Gasteiger partial charge in [0.05, 0.1) is 18.1 Å². The van der Waals surface area contributed by atoms with Crippen molar-refractivity contribution in [3.8, 4) is 12.1 Å². The van der Waals surface area contributed by atoms with Gasteiger partial charge in [-0.3, -0.25) is 4.79 Å². The number of hydrogen-bond donors (Lipinski definition) is 1. The van der Waals surface area contributed by atoms with Crippen molar-refractivity contribution in [1.82, 2.24) is 4.98 Å². The SMILES string of the molecule is N#CCc1[nH]cc(C#N)c(=O)c1C(F)F. The highest BCUT2D eigenvalue weighted by Crippen LogP contribution is 2.18. The van der Waals surface area contributed by atoms with Crippen molar-refractivity contribution >= 4 is 0 Å². The van der Waals surface area contributed by atoms with Crippen LogP contribution in [0.25, 0.3) is 0 Å². The zero-order chi connectivity index (χ0) is 11.4. The lowest BCUT2D eigenvalue weighted by molar-refractivity contribution is 0.148. The van der Waals surface area contributed by atoms with Crippen LogP contribution in [0.1, 0.15) is 23.2 Å². The van der Waals surface area contributed by atoms with E-state index in [0.717, 1.165) is 6.20 Å². The number of nitrogens with zero attached hydrogens (tertiary/aromatic N) is 2. The van der Waals surface area contributed by atoms with E-state index < -0.39 is 17.4 Å². The molecule has 0 fully saturated rings. The summed E-state index contributed by atoms with van der Waals surface area (Å²) in [6.07, 6.45) is -2.29. The van der Waals surface area contributed by atoms with Gasteiger partial charge in [-0.05, 0) is 0 Å². The number of nitriles is 2. The average molecular weight is 209 g/mol. The van der Waals surface area contributed by atoms with E-state index in [0.29, 0.717) is 0 Å². The molecule has 1 aromatic rings. The number of alkyl halides is 2. The molecule has 0 saturated carbocycles. The molecule has 0 saturated heterocycles. The fourth-order valence-corrected chi connectivity index (χ4v) is 1.12. The molecule has 1 N–H and O–H groups in total. The van der Waals surface area contributed by atoms with Crippen molar-refractivity contribution < 1.29 is 8.78 Å². The van der Waals surface area contributed by atoms with E-state index in [2.05, 4.69) is 4.98 Å². The van der Waals surface area contributed by atoms with Crippen LogP contribution in [-0.2, 0) is 6.42 Å². The second-order valence-corrected chi connectivity index (χ2v) is 2.67. The molecule has 6 heteroatoms. The minimum atomic E-state index is -3.00. The van der Waals surface area contributed by atoms with Crippen molar-refractivity contribution in [2.45, 2.75) is 12.8 Å². The zero-order valence-electron chi connectivity index (χ0n) is 7.42. The van der Waals surface area contributed by atoms with Gasteiger partial charge in [-0.1, -0.05) is 0 Å². The molecule has 0 radical (unpaired) electrons. The van der Waals surface area contributed by atoms with E-state index in [1.54, 1.807) is 6.07 Å². The van der Waals surface area contributed by atoms with Crippen molar-refractivity contribution in [2.75, 3.05) is 0 Å². The van der Waals surface area contributed by atoms with Crippen molar-refractivity contribution in [3.63, 3.8) is 0 Å². The third-order valence-electron chi connectivity index (χ3n) is 1.80. The van der Waals surface area contributed by atoms with Gasteiger partial charge in [0.2, 0.25) is 5.43 Å². The van der Waals surface area contributed by atoms with Crippen LogP contribution in [0.15, 0.2) is 11.0 Å². The molecule has 0 spiro atoms. The summed E-state index contributed by atoms with van der Waals surface area (Å²) in [4.78, 5) is 13.7. The normalized spacial score (nSPS) is 9.67. The molecule has 0 aliphatic heterocycles. The maximum absolute atomic E-state index is 12.5. The van der Waals surface area contributed by atoms with Gasteiger partial charge in [-0.25, -0.2) is 8.78 Å². The highest BCUT2D eigenvalue weighted by Gasteiger charge is 2.19. The highest BCUT2D eigenvalue weighted by molar-refractivity contribution is 5.34. The minimum absolute atomic E-state index is 0.142. The van der Waals surface area contributed by atoms with E-state index >= 15 is 0 Å². The summed E-state index contributed by atoms with van der Waals surface area (Å²) >= 11 is 0. The maximum atomic E-state index is 12.5. The molecule has 0 amide bonds. The lowest BCUT2D eigenvalue weighted by Gasteiger charge is -2.04. The lowest BCUT2D eigenvalue weighted by atomic mass is 10.1. The van der Waals surface area contributed by atoms with E-state index in [4.69, 9.17) is 10.5 Å². The van der Waals surface area contributed by atoms with Gasteiger partial charge >= 0.3 is 0 Å². The predicted octanol–water partition coefficient (Wildman–Crippen LogP) is 1.25. The van der Waals surface area contributed by atoms with Crippen LogP contribution >= 0.6 is 0 Å². The van der Waals surface area contributed by atoms with Crippen LogP contribution in [-0.4, -0.2) is 4.98 Å². The Morgan fingerprint density at radius 2 is 2.13 bits per heavy atom. The quantitative estimate of drug-likeness (QED) is 0.795. The molecule has 1 rings (SSSR count). The first-order chi connectivity index (χ1) is 7.11. The van der Waals surface area contributed by atoms with Gasteiger partial charge in [0.1, 0.15) is 11.6 Å². The molecular weight excluding hydrogens is 204 g/mol. The molecule has 1 heterocycles. The number of rotatable bonds is 2. The monoisotopic (exact) mass is 209 g/mol. The number of hydrogen-bond acceptors (Lipinski definition) is 3. The summed E-state index contributed by atoms with van der Waals surface area (Å²) in [5.74, 6) is 0. The average Bonchev–Trinajstić information content (AvgIpc) is 2.18. The fourth-order valence-electron chi connectivity index (χ4n) is 1.12. The van der Waals surface area contributed by atoms with E-state index in [1.165, 1.54) is 6.07 Å². The van der Waals surface area contributed by atoms with Crippen LogP contribution in [0, 0.1) is 22.7 Å². The van der Waals surface area contributed by atoms with Gasteiger partial charge in [-0.2, -0.15) is 10.5 Å². The Labute approximate surface area is 83.4 Å². The minimum Gasteiger partial charge on any atom is -0.362 e. The largest absolute Gasteiger partial charge is 0.362 e. The maximum Gasteiger partial charge on any atom is 0.269 e. The molecule has 0 aliphatic rings. The van der Waals surface area contributed by atoms with Gasteiger partial charge in [0.25, 0.3) is 6.43 Å². The Hall–Kier alpha value is -2.21. The Balaban J connectivity index is 3.48. The first-order valence-corrected chi connectivity index (χ1v) is 3.91. The highest BCUT2D eigenvalue weighted by atomic mass is 19.3. The van der Waals surface area contributed by atoms with Crippen LogP contribution in [0.4, 0.5) is 8.78 Å². The van der Waals surface area contributed by atoms with Crippen LogP contribution < -0.4 is 5.43 Å². The fraction of sp³-hybridized carbons (Fsp3) is 0.222. The molecule has 0 unspecified atom stereocenters. The second kappa shape index (κ2) is 4.34. The predicted molar refractivity (Wildman–Crippen MR) is 46.1 cm³/mol. The summed E-state index contributed by atoms with van der Waals surface area (Å²) in [7, 11) is 0. The van der Waals surface area contributed by atoms with Crippen molar-refractivity contribution in [2.24, 2.45) is 0 Å². The van der Waals surface area contributed by atoms with Crippen LogP contribution in [0.2, 0.25) is 0 Å². The molecule has 76 valence electrons. The Morgan fingerprint density at radius 1 is 1.47 bits per heavy atom. The Morgan fingerprint density at radius 3 is 2.60 bits per heavy atom. The molecule has 1 aromatic heterocycles. The Bertz CT molecular complexity index is 508. The third kappa shape index (κ3) is 2.00. The standard InChI is InChI=1S/C9H5F2N3O/c10-9(11)7-6(1-2-12)14-4-5(3-13)8(7)15/h4,9H,1H2,(H,14,15). The number of nitrogens with one attached hydrogen (secondary N) is 1.